The maximum atomic E-state index is 13.3. The van der Waals surface area contributed by atoms with Gasteiger partial charge in [0.15, 0.2) is 11.6 Å². The summed E-state index contributed by atoms with van der Waals surface area (Å²) in [4.78, 5) is 28.7. The number of methoxy groups -OCH3 is 1. The van der Waals surface area contributed by atoms with Gasteiger partial charge in [0, 0.05) is 55.9 Å². The second kappa shape index (κ2) is 10.7. The van der Waals surface area contributed by atoms with Gasteiger partial charge in [-0.2, -0.15) is 0 Å². The Kier molecular flexibility index (Phi) is 7.95. The average Bonchev–Trinajstić information content (AvgIpc) is 2.77. The van der Waals surface area contributed by atoms with Crippen molar-refractivity contribution < 1.29 is 23.1 Å². The van der Waals surface area contributed by atoms with Crippen molar-refractivity contribution in [2.45, 2.75) is 12.5 Å². The molecule has 0 aliphatic carbocycles. The Hall–Kier alpha value is -2.55. The normalized spacial score (nSPS) is 16.0. The highest BCUT2D eigenvalue weighted by Crippen LogP contribution is 2.29. The molecule has 1 aliphatic rings. The van der Waals surface area contributed by atoms with E-state index in [0.29, 0.717) is 43.3 Å². The molecular formula is C22H24ClF2N3O3. The first-order chi connectivity index (χ1) is 14.9. The van der Waals surface area contributed by atoms with E-state index in [4.69, 9.17) is 16.3 Å². The van der Waals surface area contributed by atoms with Gasteiger partial charge in [-0.25, -0.2) is 13.6 Å². The van der Waals surface area contributed by atoms with Crippen LogP contribution in [0.5, 0.6) is 0 Å². The number of esters is 1. The molecule has 1 atom stereocenters. The van der Waals surface area contributed by atoms with Crippen LogP contribution in [0.3, 0.4) is 0 Å². The second-order valence-electron chi connectivity index (χ2n) is 7.25. The van der Waals surface area contributed by atoms with Crippen LogP contribution >= 0.6 is 11.6 Å². The number of rotatable bonds is 7. The predicted molar refractivity (Wildman–Crippen MR) is 114 cm³/mol. The van der Waals surface area contributed by atoms with Crippen LogP contribution in [-0.2, 0) is 14.3 Å². The molecule has 1 unspecified atom stereocenters. The second-order valence-corrected chi connectivity index (χ2v) is 7.66. The lowest BCUT2D eigenvalue weighted by Crippen LogP contribution is -2.49. The maximum absolute atomic E-state index is 13.3. The summed E-state index contributed by atoms with van der Waals surface area (Å²) >= 11 is 6.30. The van der Waals surface area contributed by atoms with E-state index in [2.05, 4.69) is 10.2 Å². The van der Waals surface area contributed by atoms with Crippen LogP contribution in [0.4, 0.5) is 14.5 Å². The van der Waals surface area contributed by atoms with E-state index in [1.807, 2.05) is 23.1 Å². The van der Waals surface area contributed by atoms with Crippen LogP contribution in [0.15, 0.2) is 42.5 Å². The first-order valence-corrected chi connectivity index (χ1v) is 10.3. The van der Waals surface area contributed by atoms with E-state index < -0.39 is 17.7 Å². The molecule has 1 N–H and O–H groups in total. The van der Waals surface area contributed by atoms with E-state index in [0.717, 1.165) is 12.1 Å². The number of nitrogens with zero attached hydrogens (tertiary/aromatic N) is 2. The Balaban J connectivity index is 1.52. The monoisotopic (exact) mass is 451 g/mol. The van der Waals surface area contributed by atoms with Gasteiger partial charge in [0.1, 0.15) is 6.04 Å². The van der Waals surface area contributed by atoms with Crippen molar-refractivity contribution in [3.8, 4) is 0 Å². The molecule has 0 aromatic heterocycles. The third-order valence-corrected chi connectivity index (χ3v) is 5.60. The average molecular weight is 452 g/mol. The molecule has 1 heterocycles. The number of piperazine rings is 1. The number of amides is 1. The molecule has 1 fully saturated rings. The molecule has 6 nitrogen and oxygen atoms in total. The molecule has 3 rings (SSSR count). The Bertz CT molecular complexity index is 936. The number of halogens is 3. The number of carbonyl (C=O) groups is 2. The minimum Gasteiger partial charge on any atom is -0.468 e. The smallest absolute Gasteiger partial charge is 0.327 e. The molecule has 0 bridgehead atoms. The summed E-state index contributed by atoms with van der Waals surface area (Å²) in [5.74, 6) is -2.62. The fourth-order valence-corrected chi connectivity index (χ4v) is 3.82. The van der Waals surface area contributed by atoms with Crippen LogP contribution in [0.1, 0.15) is 18.0 Å². The van der Waals surface area contributed by atoms with Gasteiger partial charge in [-0.1, -0.05) is 29.8 Å². The molecule has 2 aromatic carbocycles. The standard InChI is InChI=1S/C22H24ClF2N3O3/c1-31-22(30)21(16-4-2-3-5-17(16)23)28-12-10-27(11-13-28)9-8-20(29)26-15-6-7-18(24)19(25)14-15/h2-7,14,21H,8-13H2,1H3,(H,26,29). The Labute approximate surface area is 184 Å². The molecule has 1 amide bonds. The van der Waals surface area contributed by atoms with Crippen LogP contribution in [0.25, 0.3) is 0 Å². The molecule has 9 heteroatoms. The lowest BCUT2D eigenvalue weighted by Gasteiger charge is -2.38. The van der Waals surface area contributed by atoms with Crippen molar-refractivity contribution >= 4 is 29.2 Å². The number of hydrogen-bond donors (Lipinski definition) is 1. The fraction of sp³-hybridized carbons (Fsp3) is 0.364. The van der Waals surface area contributed by atoms with E-state index >= 15 is 0 Å². The summed E-state index contributed by atoms with van der Waals surface area (Å²) in [5, 5.41) is 3.08. The zero-order valence-corrected chi connectivity index (χ0v) is 17.9. The van der Waals surface area contributed by atoms with Gasteiger partial charge in [0.05, 0.1) is 7.11 Å². The van der Waals surface area contributed by atoms with Crippen molar-refractivity contribution in [2.75, 3.05) is 45.2 Å². The van der Waals surface area contributed by atoms with Gasteiger partial charge < -0.3 is 15.0 Å². The summed E-state index contributed by atoms with van der Waals surface area (Å²) in [5.41, 5.74) is 0.921. The molecule has 2 aromatic rings. The molecule has 31 heavy (non-hydrogen) atoms. The molecule has 1 saturated heterocycles. The number of ether oxygens (including phenoxy) is 1. The number of anilines is 1. The Morgan fingerprint density at radius 1 is 1.10 bits per heavy atom. The fourth-order valence-electron chi connectivity index (χ4n) is 3.58. The zero-order valence-electron chi connectivity index (χ0n) is 17.1. The third-order valence-electron chi connectivity index (χ3n) is 5.25. The minimum absolute atomic E-state index is 0.212. The first-order valence-electron chi connectivity index (χ1n) is 9.92. The molecule has 166 valence electrons. The highest BCUT2D eigenvalue weighted by Gasteiger charge is 2.32. The largest absolute Gasteiger partial charge is 0.468 e. The van der Waals surface area contributed by atoms with Crippen LogP contribution < -0.4 is 5.32 Å². The van der Waals surface area contributed by atoms with Gasteiger partial charge in [-0.3, -0.25) is 9.69 Å². The minimum atomic E-state index is -1.01. The molecule has 0 saturated carbocycles. The highest BCUT2D eigenvalue weighted by molar-refractivity contribution is 6.31. The molecule has 0 radical (unpaired) electrons. The summed E-state index contributed by atoms with van der Waals surface area (Å²) < 4.78 is 31.2. The van der Waals surface area contributed by atoms with E-state index in [1.54, 1.807) is 6.07 Å². The van der Waals surface area contributed by atoms with Crippen LogP contribution in [-0.4, -0.2) is 61.5 Å². The van der Waals surface area contributed by atoms with Gasteiger partial charge >= 0.3 is 5.97 Å². The summed E-state index contributed by atoms with van der Waals surface area (Å²) in [6.45, 7) is 3.05. The van der Waals surface area contributed by atoms with E-state index in [-0.39, 0.29) is 24.0 Å². The zero-order chi connectivity index (χ0) is 22.4. The SMILES string of the molecule is COC(=O)C(c1ccccc1Cl)N1CCN(CCC(=O)Nc2ccc(F)c(F)c2)CC1. The van der Waals surface area contributed by atoms with Crippen molar-refractivity contribution in [3.05, 3.63) is 64.7 Å². The Morgan fingerprint density at radius 2 is 1.81 bits per heavy atom. The molecule has 0 spiro atoms. The highest BCUT2D eigenvalue weighted by atomic mass is 35.5. The van der Waals surface area contributed by atoms with E-state index in [1.165, 1.54) is 13.2 Å². The van der Waals surface area contributed by atoms with Crippen LogP contribution in [0.2, 0.25) is 5.02 Å². The van der Waals surface area contributed by atoms with Crippen LogP contribution in [0, 0.1) is 11.6 Å². The lowest BCUT2D eigenvalue weighted by atomic mass is 10.0. The van der Waals surface area contributed by atoms with Gasteiger partial charge in [0.25, 0.3) is 0 Å². The number of carbonyl (C=O) groups excluding carboxylic acids is 2. The van der Waals surface area contributed by atoms with Crippen molar-refractivity contribution in [2.24, 2.45) is 0 Å². The van der Waals surface area contributed by atoms with Gasteiger partial charge in [0.2, 0.25) is 5.91 Å². The number of nitrogens with one attached hydrogen (secondary N) is 1. The van der Waals surface area contributed by atoms with Gasteiger partial charge in [-0.05, 0) is 23.8 Å². The van der Waals surface area contributed by atoms with Crippen molar-refractivity contribution in [1.29, 1.82) is 0 Å². The Morgan fingerprint density at radius 3 is 2.45 bits per heavy atom. The van der Waals surface area contributed by atoms with E-state index in [9.17, 15) is 18.4 Å². The topological polar surface area (TPSA) is 61.9 Å². The van der Waals surface area contributed by atoms with Crippen molar-refractivity contribution in [1.82, 2.24) is 9.80 Å². The molecule has 1 aliphatic heterocycles. The maximum Gasteiger partial charge on any atom is 0.327 e. The summed E-state index contributed by atoms with van der Waals surface area (Å²) in [6.07, 6.45) is 0.212. The van der Waals surface area contributed by atoms with Crippen molar-refractivity contribution in [3.63, 3.8) is 0 Å². The first kappa shape index (κ1) is 23.1. The predicted octanol–water partition coefficient (Wildman–Crippen LogP) is 3.48. The quantitative estimate of drug-likeness (QED) is 0.653. The third kappa shape index (κ3) is 6.00. The number of hydrogen-bond acceptors (Lipinski definition) is 5. The molecular weight excluding hydrogens is 428 g/mol. The van der Waals surface area contributed by atoms with Gasteiger partial charge in [-0.15, -0.1) is 0 Å². The summed E-state index contributed by atoms with van der Waals surface area (Å²) in [6, 6.07) is 9.86. The summed E-state index contributed by atoms with van der Waals surface area (Å²) in [7, 11) is 1.36. The lowest BCUT2D eigenvalue weighted by molar-refractivity contribution is -0.148. The number of benzene rings is 2.